The highest BCUT2D eigenvalue weighted by molar-refractivity contribution is 5.80. The first-order valence-corrected chi connectivity index (χ1v) is 10.00. The van der Waals surface area contributed by atoms with E-state index in [1.54, 1.807) is 0 Å². The highest BCUT2D eigenvalue weighted by Crippen LogP contribution is 2.20. The van der Waals surface area contributed by atoms with Gasteiger partial charge in [-0.15, -0.1) is 0 Å². The van der Waals surface area contributed by atoms with E-state index in [9.17, 15) is 0 Å². The van der Waals surface area contributed by atoms with Crippen molar-refractivity contribution < 1.29 is 9.26 Å². The van der Waals surface area contributed by atoms with Crippen LogP contribution in [-0.2, 0) is 6.54 Å². The Morgan fingerprint density at radius 2 is 1.79 bits per heavy atom. The molecule has 2 aromatic carbocycles. The zero-order valence-electron chi connectivity index (χ0n) is 16.6. The molecule has 0 saturated carbocycles. The predicted molar refractivity (Wildman–Crippen MR) is 114 cm³/mol. The minimum atomic E-state index is 0.246. The van der Waals surface area contributed by atoms with Crippen molar-refractivity contribution in [2.24, 2.45) is 4.99 Å². The largest absolute Gasteiger partial charge is 0.490 e. The van der Waals surface area contributed by atoms with Crippen molar-refractivity contribution in [3.63, 3.8) is 0 Å². The molecule has 6 heteroatoms. The fourth-order valence-corrected chi connectivity index (χ4v) is 3.51. The van der Waals surface area contributed by atoms with Gasteiger partial charge in [0, 0.05) is 44.6 Å². The highest BCUT2D eigenvalue weighted by atomic mass is 16.5. The van der Waals surface area contributed by atoms with Gasteiger partial charge in [0.05, 0.1) is 6.54 Å². The quantitative estimate of drug-likeness (QED) is 0.528. The summed E-state index contributed by atoms with van der Waals surface area (Å²) in [6.45, 7) is 2.39. The Morgan fingerprint density at radius 1 is 1.10 bits per heavy atom. The van der Waals surface area contributed by atoms with Crippen LogP contribution < -0.4 is 10.1 Å². The molecule has 0 atom stereocenters. The van der Waals surface area contributed by atoms with Crippen LogP contribution in [0.5, 0.6) is 5.75 Å². The van der Waals surface area contributed by atoms with Crippen LogP contribution in [0, 0.1) is 0 Å². The van der Waals surface area contributed by atoms with E-state index in [1.165, 1.54) is 0 Å². The molecule has 4 rings (SSSR count). The van der Waals surface area contributed by atoms with Crippen molar-refractivity contribution in [1.29, 1.82) is 0 Å². The van der Waals surface area contributed by atoms with Gasteiger partial charge >= 0.3 is 0 Å². The number of likely N-dealkylation sites (tertiary alicyclic amines) is 1. The normalized spacial score (nSPS) is 15.3. The van der Waals surface area contributed by atoms with Crippen LogP contribution in [0.1, 0.15) is 18.5 Å². The summed E-state index contributed by atoms with van der Waals surface area (Å²) in [5.74, 6) is 2.59. The first-order chi connectivity index (χ1) is 14.3. The van der Waals surface area contributed by atoms with Crippen LogP contribution in [0.4, 0.5) is 0 Å². The fourth-order valence-electron chi connectivity index (χ4n) is 3.51. The lowest BCUT2D eigenvalue weighted by molar-refractivity contribution is 0.129. The number of nitrogens with one attached hydrogen (secondary N) is 1. The lowest BCUT2D eigenvalue weighted by atomic mass is 10.1. The van der Waals surface area contributed by atoms with Crippen molar-refractivity contribution in [3.8, 4) is 17.1 Å². The lowest BCUT2D eigenvalue weighted by Crippen LogP contribution is -2.47. The van der Waals surface area contributed by atoms with E-state index in [0.29, 0.717) is 6.54 Å². The first-order valence-electron chi connectivity index (χ1n) is 10.00. The van der Waals surface area contributed by atoms with E-state index >= 15 is 0 Å². The van der Waals surface area contributed by atoms with Crippen LogP contribution in [0.15, 0.2) is 76.2 Å². The monoisotopic (exact) mass is 390 g/mol. The minimum absolute atomic E-state index is 0.246. The maximum Gasteiger partial charge on any atom is 0.193 e. The number of para-hydroxylation sites is 1. The van der Waals surface area contributed by atoms with Gasteiger partial charge in [0.15, 0.2) is 11.7 Å². The van der Waals surface area contributed by atoms with Crippen LogP contribution in [0.3, 0.4) is 0 Å². The Morgan fingerprint density at radius 3 is 2.48 bits per heavy atom. The number of piperidine rings is 1. The van der Waals surface area contributed by atoms with Crippen LogP contribution >= 0.6 is 0 Å². The number of nitrogens with zero attached hydrogens (tertiary/aromatic N) is 3. The summed E-state index contributed by atoms with van der Waals surface area (Å²) in [5, 5.41) is 7.57. The van der Waals surface area contributed by atoms with Gasteiger partial charge < -0.3 is 19.5 Å². The van der Waals surface area contributed by atoms with Crippen molar-refractivity contribution in [2.75, 3.05) is 20.1 Å². The van der Waals surface area contributed by atoms with Crippen molar-refractivity contribution >= 4 is 5.96 Å². The van der Waals surface area contributed by atoms with E-state index in [0.717, 1.165) is 54.7 Å². The van der Waals surface area contributed by atoms with Gasteiger partial charge in [0.25, 0.3) is 0 Å². The molecule has 3 aromatic rings. The Balaban J connectivity index is 1.28. The van der Waals surface area contributed by atoms with E-state index in [2.05, 4.69) is 20.4 Å². The molecule has 1 aliphatic rings. The second kappa shape index (κ2) is 9.28. The van der Waals surface area contributed by atoms with Gasteiger partial charge in [0.1, 0.15) is 17.5 Å². The third-order valence-electron chi connectivity index (χ3n) is 5.04. The lowest BCUT2D eigenvalue weighted by Gasteiger charge is -2.34. The molecule has 6 nitrogen and oxygen atoms in total. The number of hydrogen-bond acceptors (Lipinski definition) is 4. The number of benzene rings is 2. The average Bonchev–Trinajstić information content (AvgIpc) is 3.26. The molecule has 150 valence electrons. The Labute approximate surface area is 171 Å². The molecule has 1 N–H and O–H groups in total. The number of aromatic nitrogens is 1. The number of aliphatic imine (C=N–C) groups is 1. The second-order valence-electron chi connectivity index (χ2n) is 7.07. The summed E-state index contributed by atoms with van der Waals surface area (Å²) in [4.78, 5) is 6.70. The van der Waals surface area contributed by atoms with E-state index in [4.69, 9.17) is 9.26 Å². The summed E-state index contributed by atoms with van der Waals surface area (Å²) in [5.41, 5.74) is 1.88. The molecular formula is C23H26N4O2. The van der Waals surface area contributed by atoms with E-state index < -0.39 is 0 Å². The zero-order chi connectivity index (χ0) is 19.9. The molecule has 1 aliphatic heterocycles. The minimum Gasteiger partial charge on any atom is -0.490 e. The molecule has 1 fully saturated rings. The SMILES string of the molecule is CN=C(NCc1cc(-c2ccccc2)on1)N1CCC(Oc2ccccc2)CC1. The molecule has 0 radical (unpaired) electrons. The van der Waals surface area contributed by atoms with Crippen LogP contribution in [0.2, 0.25) is 0 Å². The van der Waals surface area contributed by atoms with Gasteiger partial charge in [-0.2, -0.15) is 0 Å². The molecular weight excluding hydrogens is 364 g/mol. The third kappa shape index (κ3) is 4.96. The molecule has 29 heavy (non-hydrogen) atoms. The van der Waals surface area contributed by atoms with Gasteiger partial charge in [-0.3, -0.25) is 4.99 Å². The third-order valence-corrected chi connectivity index (χ3v) is 5.04. The maximum absolute atomic E-state index is 6.08. The average molecular weight is 390 g/mol. The van der Waals surface area contributed by atoms with Crippen molar-refractivity contribution in [2.45, 2.75) is 25.5 Å². The topological polar surface area (TPSA) is 62.9 Å². The molecule has 0 bridgehead atoms. The number of rotatable bonds is 5. The Hall–Kier alpha value is -3.28. The van der Waals surface area contributed by atoms with Gasteiger partial charge in [-0.25, -0.2) is 0 Å². The Bertz CT molecular complexity index is 916. The van der Waals surface area contributed by atoms with E-state index in [-0.39, 0.29) is 6.10 Å². The van der Waals surface area contributed by atoms with Gasteiger partial charge in [-0.05, 0) is 12.1 Å². The number of guanidine groups is 1. The summed E-state index contributed by atoms with van der Waals surface area (Å²) in [6, 6.07) is 22.0. The fraction of sp³-hybridized carbons (Fsp3) is 0.304. The second-order valence-corrected chi connectivity index (χ2v) is 7.07. The predicted octanol–water partition coefficient (Wildman–Crippen LogP) is 3.96. The number of hydrogen-bond donors (Lipinski definition) is 1. The van der Waals surface area contributed by atoms with Crippen molar-refractivity contribution in [1.82, 2.24) is 15.4 Å². The molecule has 1 saturated heterocycles. The summed E-state index contributed by atoms with van der Waals surface area (Å²) in [7, 11) is 1.81. The van der Waals surface area contributed by atoms with Gasteiger partial charge in [0.2, 0.25) is 0 Å². The van der Waals surface area contributed by atoms with Gasteiger partial charge in [-0.1, -0.05) is 53.7 Å². The van der Waals surface area contributed by atoms with Crippen molar-refractivity contribution in [3.05, 3.63) is 72.4 Å². The standard InChI is InChI=1S/C23H26N4O2/c1-24-23(25-17-19-16-22(29-26-19)18-8-4-2-5-9-18)27-14-12-21(13-15-27)28-20-10-6-3-7-11-20/h2-11,16,21H,12-15,17H2,1H3,(H,24,25). The summed E-state index contributed by atoms with van der Waals surface area (Å²) >= 11 is 0. The molecule has 0 spiro atoms. The smallest absolute Gasteiger partial charge is 0.193 e. The Kier molecular flexibility index (Phi) is 6.10. The molecule has 0 amide bonds. The first kappa shape index (κ1) is 19.1. The summed E-state index contributed by atoms with van der Waals surface area (Å²) < 4.78 is 11.6. The van der Waals surface area contributed by atoms with Crippen LogP contribution in [-0.4, -0.2) is 42.3 Å². The molecule has 2 heterocycles. The highest BCUT2D eigenvalue weighted by Gasteiger charge is 2.22. The summed E-state index contributed by atoms with van der Waals surface area (Å²) in [6.07, 6.45) is 2.19. The number of ether oxygens (including phenoxy) is 1. The van der Waals surface area contributed by atoms with E-state index in [1.807, 2.05) is 73.8 Å². The molecule has 1 aromatic heterocycles. The molecule has 0 unspecified atom stereocenters. The zero-order valence-corrected chi connectivity index (χ0v) is 16.6. The molecule has 0 aliphatic carbocycles. The van der Waals surface area contributed by atoms with Crippen LogP contribution in [0.25, 0.3) is 11.3 Å². The maximum atomic E-state index is 6.08.